The molecule has 0 aliphatic rings. The van der Waals surface area contributed by atoms with Gasteiger partial charge < -0.3 is 14.4 Å². The SMILES string of the molecule is COc1ccc(-c2cc([N+](=O)[O-])ccc2OCC(=O)N(C)Cc2ccccc2C)cc1. The second-order valence-corrected chi connectivity index (χ2v) is 7.13. The summed E-state index contributed by atoms with van der Waals surface area (Å²) in [5.41, 5.74) is 3.38. The molecule has 0 fully saturated rings. The van der Waals surface area contributed by atoms with E-state index < -0.39 is 4.92 Å². The third-order valence-electron chi connectivity index (χ3n) is 5.02. The Balaban J connectivity index is 1.77. The molecule has 0 aliphatic carbocycles. The number of carbonyl (C=O) groups excluding carboxylic acids is 1. The number of rotatable bonds is 8. The smallest absolute Gasteiger partial charge is 0.270 e. The Kier molecular flexibility index (Phi) is 6.87. The fraction of sp³-hybridized carbons (Fsp3) is 0.208. The van der Waals surface area contributed by atoms with E-state index >= 15 is 0 Å². The van der Waals surface area contributed by atoms with Gasteiger partial charge in [-0.2, -0.15) is 0 Å². The lowest BCUT2D eigenvalue weighted by molar-refractivity contribution is -0.384. The van der Waals surface area contributed by atoms with E-state index in [2.05, 4.69) is 0 Å². The Hall–Kier alpha value is -3.87. The first-order valence-electron chi connectivity index (χ1n) is 9.73. The van der Waals surface area contributed by atoms with Crippen molar-refractivity contribution in [2.75, 3.05) is 20.8 Å². The standard InChI is InChI=1S/C24H24N2O5/c1-17-6-4-5-7-19(17)15-25(2)24(27)16-31-23-13-10-20(26(28)29)14-22(23)18-8-11-21(30-3)12-9-18/h4-14H,15-16H2,1-3H3. The highest BCUT2D eigenvalue weighted by atomic mass is 16.6. The number of carbonyl (C=O) groups is 1. The first-order chi connectivity index (χ1) is 14.9. The van der Waals surface area contributed by atoms with E-state index in [4.69, 9.17) is 9.47 Å². The van der Waals surface area contributed by atoms with E-state index in [0.29, 0.717) is 23.6 Å². The average molecular weight is 420 g/mol. The summed E-state index contributed by atoms with van der Waals surface area (Å²) in [5.74, 6) is 0.875. The van der Waals surface area contributed by atoms with Gasteiger partial charge in [-0.3, -0.25) is 14.9 Å². The van der Waals surface area contributed by atoms with Crippen molar-refractivity contribution >= 4 is 11.6 Å². The van der Waals surface area contributed by atoms with Crippen LogP contribution in [0.2, 0.25) is 0 Å². The quantitative estimate of drug-likeness (QED) is 0.392. The van der Waals surface area contributed by atoms with Crippen LogP contribution in [-0.4, -0.2) is 36.5 Å². The van der Waals surface area contributed by atoms with Crippen LogP contribution in [0, 0.1) is 17.0 Å². The van der Waals surface area contributed by atoms with Crippen LogP contribution in [0.5, 0.6) is 11.5 Å². The van der Waals surface area contributed by atoms with Crippen molar-refractivity contribution in [1.29, 1.82) is 0 Å². The molecule has 0 radical (unpaired) electrons. The van der Waals surface area contributed by atoms with Crippen LogP contribution < -0.4 is 9.47 Å². The molecule has 0 unspecified atom stereocenters. The third-order valence-corrected chi connectivity index (χ3v) is 5.02. The lowest BCUT2D eigenvalue weighted by atomic mass is 10.0. The number of benzene rings is 3. The van der Waals surface area contributed by atoms with Gasteiger partial charge in [0.15, 0.2) is 6.61 Å². The van der Waals surface area contributed by atoms with Crippen molar-refractivity contribution in [2.45, 2.75) is 13.5 Å². The van der Waals surface area contributed by atoms with Crippen LogP contribution in [0.15, 0.2) is 66.7 Å². The minimum Gasteiger partial charge on any atom is -0.497 e. The van der Waals surface area contributed by atoms with Crippen molar-refractivity contribution in [3.63, 3.8) is 0 Å². The van der Waals surface area contributed by atoms with Gasteiger partial charge in [0.25, 0.3) is 11.6 Å². The molecule has 3 aromatic carbocycles. The lowest BCUT2D eigenvalue weighted by Crippen LogP contribution is -2.31. The van der Waals surface area contributed by atoms with Gasteiger partial charge in [-0.05, 0) is 41.8 Å². The van der Waals surface area contributed by atoms with Gasteiger partial charge in [-0.1, -0.05) is 36.4 Å². The summed E-state index contributed by atoms with van der Waals surface area (Å²) in [6.45, 7) is 2.30. The van der Waals surface area contributed by atoms with Gasteiger partial charge in [0, 0.05) is 31.3 Å². The Bertz CT molecular complexity index is 1080. The zero-order valence-corrected chi connectivity index (χ0v) is 17.7. The van der Waals surface area contributed by atoms with Crippen LogP contribution in [0.4, 0.5) is 5.69 Å². The molecule has 1 amide bonds. The summed E-state index contributed by atoms with van der Waals surface area (Å²) >= 11 is 0. The largest absolute Gasteiger partial charge is 0.497 e. The second-order valence-electron chi connectivity index (χ2n) is 7.13. The predicted molar refractivity (Wildman–Crippen MR) is 118 cm³/mol. The van der Waals surface area contributed by atoms with Gasteiger partial charge in [0.2, 0.25) is 0 Å². The van der Waals surface area contributed by atoms with Crippen LogP contribution in [0.1, 0.15) is 11.1 Å². The highest BCUT2D eigenvalue weighted by Crippen LogP contribution is 2.34. The maximum absolute atomic E-state index is 12.6. The maximum Gasteiger partial charge on any atom is 0.270 e. The Morgan fingerprint density at radius 1 is 1.06 bits per heavy atom. The summed E-state index contributed by atoms with van der Waals surface area (Å²) in [4.78, 5) is 25.0. The fourth-order valence-corrected chi connectivity index (χ4v) is 3.13. The number of hydrogen-bond acceptors (Lipinski definition) is 5. The van der Waals surface area contributed by atoms with E-state index in [-0.39, 0.29) is 18.2 Å². The molecule has 0 bridgehead atoms. The zero-order valence-electron chi connectivity index (χ0n) is 17.7. The van der Waals surface area contributed by atoms with E-state index in [9.17, 15) is 14.9 Å². The van der Waals surface area contributed by atoms with Crippen molar-refractivity contribution < 1.29 is 19.2 Å². The van der Waals surface area contributed by atoms with E-state index in [1.807, 2.05) is 31.2 Å². The number of methoxy groups -OCH3 is 1. The molecular weight excluding hydrogens is 396 g/mol. The van der Waals surface area contributed by atoms with Crippen molar-refractivity contribution in [1.82, 2.24) is 4.90 Å². The summed E-state index contributed by atoms with van der Waals surface area (Å²) in [5, 5.41) is 11.2. The number of nitrogens with zero attached hydrogens (tertiary/aromatic N) is 2. The third kappa shape index (κ3) is 5.39. The molecule has 7 heteroatoms. The molecule has 0 saturated heterocycles. The molecular formula is C24H24N2O5. The topological polar surface area (TPSA) is 81.9 Å². The van der Waals surface area contributed by atoms with Crippen LogP contribution in [-0.2, 0) is 11.3 Å². The van der Waals surface area contributed by atoms with Crippen molar-refractivity contribution in [2.24, 2.45) is 0 Å². The van der Waals surface area contributed by atoms with Gasteiger partial charge in [0.05, 0.1) is 12.0 Å². The van der Waals surface area contributed by atoms with E-state index in [1.54, 1.807) is 43.3 Å². The Morgan fingerprint density at radius 3 is 2.42 bits per heavy atom. The van der Waals surface area contributed by atoms with Gasteiger partial charge >= 0.3 is 0 Å². The van der Waals surface area contributed by atoms with Crippen LogP contribution in [0.25, 0.3) is 11.1 Å². The van der Waals surface area contributed by atoms with E-state index in [0.717, 1.165) is 16.7 Å². The van der Waals surface area contributed by atoms with Crippen molar-refractivity contribution in [3.05, 3.63) is 88.0 Å². The number of aryl methyl sites for hydroxylation is 1. The minimum absolute atomic E-state index is 0.0545. The summed E-state index contributed by atoms with van der Waals surface area (Å²) in [7, 11) is 3.29. The molecule has 0 aliphatic heterocycles. The highest BCUT2D eigenvalue weighted by Gasteiger charge is 2.16. The van der Waals surface area contributed by atoms with Crippen LogP contribution >= 0.6 is 0 Å². The highest BCUT2D eigenvalue weighted by molar-refractivity contribution is 5.79. The molecule has 7 nitrogen and oxygen atoms in total. The van der Waals surface area contributed by atoms with Crippen molar-refractivity contribution in [3.8, 4) is 22.6 Å². The predicted octanol–water partition coefficient (Wildman–Crippen LogP) is 4.62. The molecule has 0 aromatic heterocycles. The zero-order chi connectivity index (χ0) is 22.4. The molecule has 0 N–H and O–H groups in total. The molecule has 0 atom stereocenters. The first-order valence-corrected chi connectivity index (χ1v) is 9.73. The first kappa shape index (κ1) is 21.8. The number of likely N-dealkylation sites (N-methyl/N-ethyl adjacent to an activating group) is 1. The number of nitro groups is 1. The Morgan fingerprint density at radius 2 is 1.77 bits per heavy atom. The average Bonchev–Trinajstić information content (AvgIpc) is 2.78. The summed E-state index contributed by atoms with van der Waals surface area (Å²) in [6.07, 6.45) is 0. The van der Waals surface area contributed by atoms with E-state index in [1.165, 1.54) is 18.2 Å². The number of amides is 1. The summed E-state index contributed by atoms with van der Waals surface area (Å²) in [6, 6.07) is 19.3. The maximum atomic E-state index is 12.6. The van der Waals surface area contributed by atoms with Gasteiger partial charge in [0.1, 0.15) is 11.5 Å². The molecule has 0 heterocycles. The monoisotopic (exact) mass is 420 g/mol. The molecule has 0 saturated carbocycles. The number of non-ortho nitro benzene ring substituents is 1. The summed E-state index contributed by atoms with van der Waals surface area (Å²) < 4.78 is 11.0. The molecule has 0 spiro atoms. The lowest BCUT2D eigenvalue weighted by Gasteiger charge is -2.19. The fourth-order valence-electron chi connectivity index (χ4n) is 3.13. The Labute approximate surface area is 181 Å². The minimum atomic E-state index is -0.460. The molecule has 160 valence electrons. The van der Waals surface area contributed by atoms with Gasteiger partial charge in [-0.15, -0.1) is 0 Å². The van der Waals surface area contributed by atoms with Crippen LogP contribution in [0.3, 0.4) is 0 Å². The second kappa shape index (κ2) is 9.75. The number of ether oxygens (including phenoxy) is 2. The number of hydrogen-bond donors (Lipinski definition) is 0. The molecule has 3 rings (SSSR count). The molecule has 3 aromatic rings. The van der Waals surface area contributed by atoms with Gasteiger partial charge in [-0.25, -0.2) is 0 Å². The molecule has 31 heavy (non-hydrogen) atoms. The number of nitro benzene ring substituents is 1. The normalized spacial score (nSPS) is 10.4.